The molecule has 2 amide bonds. The van der Waals surface area contributed by atoms with Crippen molar-refractivity contribution in [3.05, 3.63) is 65.0 Å². The molecule has 1 saturated heterocycles. The smallest absolute Gasteiger partial charge is 0.269 e. The third-order valence-electron chi connectivity index (χ3n) is 5.71. The molecule has 0 radical (unpaired) electrons. The molecule has 2 aromatic rings. The highest BCUT2D eigenvalue weighted by Crippen LogP contribution is 2.44. The fraction of sp³-hybridized carbons (Fsp3) is 0.409. The van der Waals surface area contributed by atoms with E-state index >= 15 is 0 Å². The third-order valence-corrected chi connectivity index (χ3v) is 5.71. The van der Waals surface area contributed by atoms with Crippen molar-refractivity contribution in [3.8, 4) is 0 Å². The number of carbonyl (C=O) groups excluding carboxylic acids is 2. The lowest BCUT2D eigenvalue weighted by molar-refractivity contribution is 0.0928. The van der Waals surface area contributed by atoms with Gasteiger partial charge in [-0.1, -0.05) is 30.3 Å². The lowest BCUT2D eigenvalue weighted by Gasteiger charge is -2.18. The Morgan fingerprint density at radius 1 is 1.17 bits per heavy atom. The van der Waals surface area contributed by atoms with Gasteiger partial charge in [-0.15, -0.1) is 0 Å². The van der Waals surface area contributed by atoms with Crippen molar-refractivity contribution >= 4 is 11.8 Å². The van der Waals surface area contributed by atoms with Crippen molar-refractivity contribution < 1.29 is 19.1 Å². The maximum atomic E-state index is 12.9. The van der Waals surface area contributed by atoms with Gasteiger partial charge < -0.3 is 20.1 Å². The highest BCUT2D eigenvalue weighted by atomic mass is 16.5. The number of hydrogen-bond acceptors (Lipinski definition) is 5. The van der Waals surface area contributed by atoms with Crippen LogP contribution in [0.15, 0.2) is 42.5 Å². The van der Waals surface area contributed by atoms with E-state index in [-0.39, 0.29) is 29.5 Å². The van der Waals surface area contributed by atoms with Crippen LogP contribution in [0.4, 0.5) is 0 Å². The second kappa shape index (κ2) is 8.31. The Morgan fingerprint density at radius 2 is 1.90 bits per heavy atom. The van der Waals surface area contributed by atoms with Crippen molar-refractivity contribution in [2.45, 2.75) is 12.0 Å². The van der Waals surface area contributed by atoms with Gasteiger partial charge in [0.15, 0.2) is 0 Å². The van der Waals surface area contributed by atoms with Crippen molar-refractivity contribution in [1.29, 1.82) is 0 Å². The van der Waals surface area contributed by atoms with Crippen LogP contribution in [-0.4, -0.2) is 56.8 Å². The molecule has 0 spiro atoms. The molecule has 1 aliphatic carbocycles. The van der Waals surface area contributed by atoms with E-state index in [9.17, 15) is 9.59 Å². The SMILES string of the molecule is CNC(=O)c1cc(C(=O)NC2C3COCC32)cc(C(COC)c2ccccc2)n1. The van der Waals surface area contributed by atoms with Gasteiger partial charge in [0.05, 0.1) is 25.5 Å². The van der Waals surface area contributed by atoms with Crippen molar-refractivity contribution in [2.24, 2.45) is 11.8 Å². The molecule has 4 rings (SSSR count). The molecule has 1 aliphatic heterocycles. The molecule has 7 nitrogen and oxygen atoms in total. The summed E-state index contributed by atoms with van der Waals surface area (Å²) in [6.07, 6.45) is 0. The Labute approximate surface area is 169 Å². The van der Waals surface area contributed by atoms with E-state index in [1.807, 2.05) is 30.3 Å². The number of hydrogen-bond donors (Lipinski definition) is 2. The van der Waals surface area contributed by atoms with Crippen LogP contribution in [0.1, 0.15) is 38.0 Å². The standard InChI is InChI=1S/C22H25N3O4/c1-23-22(27)19-9-14(21(26)25-20-16-11-29-12-17(16)20)8-18(24-19)15(10-28-2)13-6-4-3-5-7-13/h3-9,15-17,20H,10-12H2,1-2H3,(H,23,27)(H,25,26). The first-order valence-corrected chi connectivity index (χ1v) is 9.79. The molecule has 2 heterocycles. The third kappa shape index (κ3) is 4.02. The van der Waals surface area contributed by atoms with Crippen LogP contribution in [0.25, 0.3) is 0 Å². The topological polar surface area (TPSA) is 89.6 Å². The zero-order valence-corrected chi connectivity index (χ0v) is 16.6. The number of fused-ring (bicyclic) bond motifs is 1. The second-order valence-electron chi connectivity index (χ2n) is 7.53. The van der Waals surface area contributed by atoms with Gasteiger partial charge in [-0.3, -0.25) is 9.59 Å². The summed E-state index contributed by atoms with van der Waals surface area (Å²) in [6.45, 7) is 1.79. The van der Waals surface area contributed by atoms with Crippen molar-refractivity contribution in [2.75, 3.05) is 34.0 Å². The average molecular weight is 395 g/mol. The first-order chi connectivity index (χ1) is 14.1. The highest BCUT2D eigenvalue weighted by Gasteiger charge is 2.54. The van der Waals surface area contributed by atoms with Gasteiger partial charge in [-0.05, 0) is 17.7 Å². The molecule has 3 atom stereocenters. The van der Waals surface area contributed by atoms with Gasteiger partial charge in [-0.25, -0.2) is 4.98 Å². The van der Waals surface area contributed by atoms with Gasteiger partial charge in [0, 0.05) is 43.5 Å². The van der Waals surface area contributed by atoms with Gasteiger partial charge in [0.1, 0.15) is 5.69 Å². The molecule has 1 aromatic heterocycles. The zero-order chi connectivity index (χ0) is 20.4. The minimum absolute atomic E-state index is 0.153. The Morgan fingerprint density at radius 3 is 2.55 bits per heavy atom. The Bertz CT molecular complexity index is 892. The molecule has 152 valence electrons. The first kappa shape index (κ1) is 19.5. The van der Waals surface area contributed by atoms with Crippen molar-refractivity contribution in [3.63, 3.8) is 0 Å². The summed E-state index contributed by atoms with van der Waals surface area (Å²) < 4.78 is 10.8. The lowest BCUT2D eigenvalue weighted by Crippen LogP contribution is -2.31. The van der Waals surface area contributed by atoms with Gasteiger partial charge in [-0.2, -0.15) is 0 Å². The van der Waals surface area contributed by atoms with E-state index in [0.717, 1.165) is 5.56 Å². The molecular formula is C22H25N3O4. The minimum Gasteiger partial charge on any atom is -0.384 e. The molecular weight excluding hydrogens is 370 g/mol. The normalized spacial score (nSPS) is 23.2. The summed E-state index contributed by atoms with van der Waals surface area (Å²) >= 11 is 0. The molecule has 3 unspecified atom stereocenters. The van der Waals surface area contributed by atoms with E-state index in [1.165, 1.54) is 0 Å². The van der Waals surface area contributed by atoms with Crippen LogP contribution in [0.3, 0.4) is 0 Å². The fourth-order valence-corrected chi connectivity index (χ4v) is 4.00. The minimum atomic E-state index is -0.332. The second-order valence-corrected chi connectivity index (χ2v) is 7.53. The van der Waals surface area contributed by atoms with Gasteiger partial charge in [0.25, 0.3) is 11.8 Å². The Kier molecular flexibility index (Phi) is 5.60. The molecule has 29 heavy (non-hydrogen) atoms. The zero-order valence-electron chi connectivity index (χ0n) is 16.6. The molecule has 2 N–H and O–H groups in total. The summed E-state index contributed by atoms with van der Waals surface area (Å²) in [4.78, 5) is 29.8. The predicted octanol–water partition coefficient (Wildman–Crippen LogP) is 1.59. The van der Waals surface area contributed by atoms with Gasteiger partial charge in [0.2, 0.25) is 0 Å². The summed E-state index contributed by atoms with van der Waals surface area (Å²) in [6, 6.07) is 13.3. The van der Waals surface area contributed by atoms with Crippen LogP contribution in [0.2, 0.25) is 0 Å². The summed E-state index contributed by atoms with van der Waals surface area (Å²) in [5.41, 5.74) is 2.28. The molecule has 2 aliphatic rings. The number of amides is 2. The molecule has 7 heteroatoms. The number of ether oxygens (including phenoxy) is 2. The van der Waals surface area contributed by atoms with E-state index in [1.54, 1.807) is 26.3 Å². The summed E-state index contributed by atoms with van der Waals surface area (Å²) in [7, 11) is 3.17. The van der Waals surface area contributed by atoms with E-state index in [0.29, 0.717) is 42.9 Å². The van der Waals surface area contributed by atoms with E-state index in [4.69, 9.17) is 9.47 Å². The molecule has 2 fully saturated rings. The number of methoxy groups -OCH3 is 1. The number of nitrogens with zero attached hydrogens (tertiary/aromatic N) is 1. The number of carbonyl (C=O) groups is 2. The van der Waals surface area contributed by atoms with Crippen LogP contribution >= 0.6 is 0 Å². The number of pyridine rings is 1. The number of benzene rings is 1. The van der Waals surface area contributed by atoms with Crippen LogP contribution in [-0.2, 0) is 9.47 Å². The van der Waals surface area contributed by atoms with Crippen LogP contribution in [0.5, 0.6) is 0 Å². The van der Waals surface area contributed by atoms with Crippen LogP contribution in [0, 0.1) is 11.8 Å². The maximum absolute atomic E-state index is 12.9. The number of nitrogens with one attached hydrogen (secondary N) is 2. The van der Waals surface area contributed by atoms with E-state index in [2.05, 4.69) is 15.6 Å². The largest absolute Gasteiger partial charge is 0.384 e. The van der Waals surface area contributed by atoms with Crippen molar-refractivity contribution in [1.82, 2.24) is 15.6 Å². The summed E-state index contributed by atoms with van der Waals surface area (Å²) in [5.74, 6) is 0.101. The molecule has 1 aromatic carbocycles. The maximum Gasteiger partial charge on any atom is 0.269 e. The Balaban J connectivity index is 1.66. The monoisotopic (exact) mass is 395 g/mol. The molecule has 0 bridgehead atoms. The van der Waals surface area contributed by atoms with E-state index < -0.39 is 0 Å². The predicted molar refractivity (Wildman–Crippen MR) is 107 cm³/mol. The molecule has 1 saturated carbocycles. The quantitative estimate of drug-likeness (QED) is 0.743. The van der Waals surface area contributed by atoms with Crippen LogP contribution < -0.4 is 10.6 Å². The highest BCUT2D eigenvalue weighted by molar-refractivity contribution is 5.99. The van der Waals surface area contributed by atoms with Gasteiger partial charge >= 0.3 is 0 Å². The number of rotatable bonds is 7. The average Bonchev–Trinajstić information content (AvgIpc) is 3.17. The fourth-order valence-electron chi connectivity index (χ4n) is 4.00. The first-order valence-electron chi connectivity index (χ1n) is 9.79. The lowest BCUT2D eigenvalue weighted by atomic mass is 9.94. The number of aromatic nitrogens is 1. The summed E-state index contributed by atoms with van der Waals surface area (Å²) in [5, 5.41) is 5.67. The Hall–Kier alpha value is -2.77.